The number of methoxy groups -OCH3 is 1. The molecular formula is C8H15NO2. The number of ether oxygens (including phenoxy) is 1. The first-order chi connectivity index (χ1) is 5.31. The Bertz CT molecular complexity index is 151. The number of aliphatic hydroxyl groups excluding tert-OH is 1. The average molecular weight is 157 g/mol. The summed E-state index contributed by atoms with van der Waals surface area (Å²) >= 11 is 0. The number of fused-ring (bicyclic) bond motifs is 2. The lowest BCUT2D eigenvalue weighted by Gasteiger charge is -2.26. The molecule has 2 N–H and O–H groups in total. The standard InChI is InChI=1S/C8H15NO2/c1-11-4-7-6-2-5(9-7)3-8(6)10/h5-10H,2-4H2,1H3/t5-,6-,7?,8?/m0/s1. The molecule has 0 amide bonds. The highest BCUT2D eigenvalue weighted by Crippen LogP contribution is 2.35. The summed E-state index contributed by atoms with van der Waals surface area (Å²) < 4.78 is 5.05. The molecule has 2 rings (SSSR count). The summed E-state index contributed by atoms with van der Waals surface area (Å²) in [6.07, 6.45) is 1.99. The molecule has 1 saturated heterocycles. The molecule has 2 unspecified atom stereocenters. The lowest BCUT2D eigenvalue weighted by atomic mass is 9.98. The minimum absolute atomic E-state index is 0.0820. The van der Waals surface area contributed by atoms with Gasteiger partial charge in [-0.25, -0.2) is 0 Å². The average Bonchev–Trinajstić information content (AvgIpc) is 2.46. The van der Waals surface area contributed by atoms with Gasteiger partial charge in [0.05, 0.1) is 12.7 Å². The van der Waals surface area contributed by atoms with Crippen LogP contribution in [0.1, 0.15) is 12.8 Å². The molecular weight excluding hydrogens is 142 g/mol. The highest BCUT2D eigenvalue weighted by molar-refractivity contribution is 5.01. The summed E-state index contributed by atoms with van der Waals surface area (Å²) in [5.41, 5.74) is 0. The fourth-order valence-electron chi connectivity index (χ4n) is 2.39. The van der Waals surface area contributed by atoms with Crippen molar-refractivity contribution in [3.8, 4) is 0 Å². The third kappa shape index (κ3) is 1.17. The number of aliphatic hydroxyl groups is 1. The van der Waals surface area contributed by atoms with Crippen LogP contribution in [0.15, 0.2) is 0 Å². The molecule has 3 heteroatoms. The van der Waals surface area contributed by atoms with Crippen LogP contribution < -0.4 is 5.32 Å². The first-order valence-electron chi connectivity index (χ1n) is 4.24. The van der Waals surface area contributed by atoms with E-state index in [1.165, 1.54) is 0 Å². The summed E-state index contributed by atoms with van der Waals surface area (Å²) in [5.74, 6) is 0.444. The van der Waals surface area contributed by atoms with E-state index in [0.717, 1.165) is 19.4 Å². The second-order valence-corrected chi connectivity index (χ2v) is 3.63. The van der Waals surface area contributed by atoms with Crippen molar-refractivity contribution in [3.05, 3.63) is 0 Å². The molecule has 0 aromatic rings. The molecule has 0 radical (unpaired) electrons. The normalized spacial score (nSPS) is 48.5. The van der Waals surface area contributed by atoms with Gasteiger partial charge in [-0.1, -0.05) is 0 Å². The van der Waals surface area contributed by atoms with Gasteiger partial charge in [0.15, 0.2) is 0 Å². The highest BCUT2D eigenvalue weighted by atomic mass is 16.5. The van der Waals surface area contributed by atoms with Crippen LogP contribution in [0, 0.1) is 5.92 Å². The van der Waals surface area contributed by atoms with Gasteiger partial charge in [-0.3, -0.25) is 0 Å². The van der Waals surface area contributed by atoms with E-state index in [4.69, 9.17) is 4.74 Å². The van der Waals surface area contributed by atoms with Gasteiger partial charge in [0, 0.05) is 25.1 Å². The van der Waals surface area contributed by atoms with Crippen molar-refractivity contribution in [2.45, 2.75) is 31.0 Å². The van der Waals surface area contributed by atoms with E-state index in [2.05, 4.69) is 5.32 Å². The maximum Gasteiger partial charge on any atom is 0.0619 e. The number of rotatable bonds is 2. The molecule has 2 bridgehead atoms. The Hall–Kier alpha value is -0.120. The van der Waals surface area contributed by atoms with Crippen LogP contribution in [0.3, 0.4) is 0 Å². The fraction of sp³-hybridized carbons (Fsp3) is 1.00. The van der Waals surface area contributed by atoms with E-state index in [1.807, 2.05) is 0 Å². The lowest BCUT2D eigenvalue weighted by molar-refractivity contribution is 0.0644. The van der Waals surface area contributed by atoms with Crippen LogP contribution in [0.2, 0.25) is 0 Å². The Labute approximate surface area is 66.7 Å². The van der Waals surface area contributed by atoms with Gasteiger partial charge in [0.25, 0.3) is 0 Å². The summed E-state index contributed by atoms with van der Waals surface area (Å²) in [5, 5.41) is 13.0. The summed E-state index contributed by atoms with van der Waals surface area (Å²) in [4.78, 5) is 0. The van der Waals surface area contributed by atoms with E-state index in [1.54, 1.807) is 7.11 Å². The van der Waals surface area contributed by atoms with E-state index < -0.39 is 0 Å². The number of hydrogen-bond donors (Lipinski definition) is 2. The number of nitrogens with one attached hydrogen (secondary N) is 1. The summed E-state index contributed by atoms with van der Waals surface area (Å²) in [6.45, 7) is 0.734. The molecule has 11 heavy (non-hydrogen) atoms. The van der Waals surface area contributed by atoms with Crippen LogP contribution in [0.4, 0.5) is 0 Å². The molecule has 64 valence electrons. The van der Waals surface area contributed by atoms with Gasteiger partial charge in [0.1, 0.15) is 0 Å². The van der Waals surface area contributed by atoms with Gasteiger partial charge < -0.3 is 15.2 Å². The molecule has 1 saturated carbocycles. The molecule has 0 aromatic carbocycles. The molecule has 0 aromatic heterocycles. The molecule has 1 aliphatic heterocycles. The van der Waals surface area contributed by atoms with Crippen molar-refractivity contribution in [2.75, 3.05) is 13.7 Å². The van der Waals surface area contributed by atoms with Gasteiger partial charge in [0.2, 0.25) is 0 Å². The third-order valence-electron chi connectivity index (χ3n) is 2.89. The molecule has 4 atom stereocenters. The number of hydrogen-bond acceptors (Lipinski definition) is 3. The highest BCUT2D eigenvalue weighted by Gasteiger charge is 2.44. The summed E-state index contributed by atoms with van der Waals surface area (Å²) in [7, 11) is 1.71. The van der Waals surface area contributed by atoms with Crippen molar-refractivity contribution in [3.63, 3.8) is 0 Å². The molecule has 3 nitrogen and oxygen atoms in total. The largest absolute Gasteiger partial charge is 0.393 e. The van der Waals surface area contributed by atoms with E-state index in [-0.39, 0.29) is 6.10 Å². The van der Waals surface area contributed by atoms with E-state index >= 15 is 0 Å². The Morgan fingerprint density at radius 1 is 1.55 bits per heavy atom. The zero-order valence-electron chi connectivity index (χ0n) is 6.79. The maximum atomic E-state index is 9.52. The molecule has 0 spiro atoms. The minimum Gasteiger partial charge on any atom is -0.393 e. The van der Waals surface area contributed by atoms with Crippen molar-refractivity contribution < 1.29 is 9.84 Å². The third-order valence-corrected chi connectivity index (χ3v) is 2.89. The molecule has 1 heterocycles. The summed E-state index contributed by atoms with van der Waals surface area (Å²) in [6, 6.07) is 0.948. The molecule has 2 fully saturated rings. The van der Waals surface area contributed by atoms with E-state index in [9.17, 15) is 5.11 Å². The Morgan fingerprint density at radius 2 is 2.36 bits per heavy atom. The Balaban J connectivity index is 1.96. The molecule has 2 aliphatic rings. The first kappa shape index (κ1) is 7.53. The van der Waals surface area contributed by atoms with Gasteiger partial charge in [-0.05, 0) is 12.8 Å². The van der Waals surface area contributed by atoms with Crippen LogP contribution in [-0.4, -0.2) is 37.0 Å². The lowest BCUT2D eigenvalue weighted by Crippen LogP contribution is -2.44. The van der Waals surface area contributed by atoms with Gasteiger partial charge >= 0.3 is 0 Å². The Morgan fingerprint density at radius 3 is 2.91 bits per heavy atom. The second kappa shape index (κ2) is 2.73. The quantitative estimate of drug-likeness (QED) is 0.580. The SMILES string of the molecule is COCC1N[C@@H]2CC(O)[C@H]1C2. The van der Waals surface area contributed by atoms with Crippen LogP contribution >= 0.6 is 0 Å². The van der Waals surface area contributed by atoms with Gasteiger partial charge in [-0.15, -0.1) is 0 Å². The van der Waals surface area contributed by atoms with Crippen molar-refractivity contribution >= 4 is 0 Å². The minimum atomic E-state index is -0.0820. The van der Waals surface area contributed by atoms with Gasteiger partial charge in [-0.2, -0.15) is 0 Å². The van der Waals surface area contributed by atoms with Crippen molar-refractivity contribution in [1.82, 2.24) is 5.32 Å². The first-order valence-corrected chi connectivity index (χ1v) is 4.24. The smallest absolute Gasteiger partial charge is 0.0619 e. The Kier molecular flexibility index (Phi) is 1.87. The number of piperidine rings is 1. The predicted molar refractivity (Wildman–Crippen MR) is 41.3 cm³/mol. The zero-order valence-corrected chi connectivity index (χ0v) is 6.79. The fourth-order valence-corrected chi connectivity index (χ4v) is 2.39. The van der Waals surface area contributed by atoms with Crippen LogP contribution in [0.25, 0.3) is 0 Å². The van der Waals surface area contributed by atoms with Crippen molar-refractivity contribution in [1.29, 1.82) is 0 Å². The van der Waals surface area contributed by atoms with Crippen LogP contribution in [0.5, 0.6) is 0 Å². The zero-order chi connectivity index (χ0) is 7.84. The second-order valence-electron chi connectivity index (χ2n) is 3.63. The molecule has 1 aliphatic carbocycles. The predicted octanol–water partition coefficient (Wildman–Crippen LogP) is -0.256. The van der Waals surface area contributed by atoms with E-state index in [0.29, 0.717) is 18.0 Å². The van der Waals surface area contributed by atoms with Crippen LogP contribution in [-0.2, 0) is 4.74 Å². The van der Waals surface area contributed by atoms with Crippen molar-refractivity contribution in [2.24, 2.45) is 5.92 Å². The maximum absolute atomic E-state index is 9.52. The topological polar surface area (TPSA) is 41.5 Å². The monoisotopic (exact) mass is 157 g/mol.